The van der Waals surface area contributed by atoms with Crippen LogP contribution in [-0.4, -0.2) is 49.6 Å². The van der Waals surface area contributed by atoms with Crippen LogP contribution in [0, 0.1) is 6.42 Å². The summed E-state index contributed by atoms with van der Waals surface area (Å²) in [7, 11) is 2.19. The molecule has 1 aromatic rings. The Morgan fingerprint density at radius 2 is 1.73 bits per heavy atom. The van der Waals surface area contributed by atoms with E-state index in [0.717, 1.165) is 6.54 Å². The fraction of sp³-hybridized carbons (Fsp3) is 0.462. The Hall–Kier alpha value is -0.860. The summed E-state index contributed by atoms with van der Waals surface area (Å²) in [4.78, 5) is 4.89. The minimum atomic E-state index is 1.08. The highest BCUT2D eigenvalue weighted by molar-refractivity contribution is 5.22. The van der Waals surface area contributed by atoms with Gasteiger partial charge in [-0.2, -0.15) is 0 Å². The van der Waals surface area contributed by atoms with Crippen LogP contribution in [0.15, 0.2) is 30.3 Å². The quantitative estimate of drug-likeness (QED) is 0.734. The molecule has 1 heterocycles. The van der Waals surface area contributed by atoms with E-state index in [1.807, 2.05) is 0 Å². The van der Waals surface area contributed by atoms with Gasteiger partial charge in [-0.05, 0) is 12.6 Å². The van der Waals surface area contributed by atoms with Gasteiger partial charge in [0.25, 0.3) is 0 Å². The molecule has 81 valence electrons. The van der Waals surface area contributed by atoms with Gasteiger partial charge < -0.3 is 9.80 Å². The Morgan fingerprint density at radius 3 is 2.40 bits per heavy atom. The standard InChI is InChI=1S/C13H19N2/c1-14-9-11-15(12-10-14)8-7-13-5-3-2-4-6-13/h2-7H,8-12H2,1H3. The van der Waals surface area contributed by atoms with E-state index in [2.05, 4.69) is 53.6 Å². The lowest BCUT2D eigenvalue weighted by molar-refractivity contribution is 0.164. The fourth-order valence-electron chi connectivity index (χ4n) is 1.85. The van der Waals surface area contributed by atoms with Crippen molar-refractivity contribution in [1.29, 1.82) is 0 Å². The van der Waals surface area contributed by atoms with E-state index in [-0.39, 0.29) is 0 Å². The van der Waals surface area contributed by atoms with Gasteiger partial charge in [0.05, 0.1) is 0 Å². The van der Waals surface area contributed by atoms with Gasteiger partial charge in [-0.3, -0.25) is 0 Å². The van der Waals surface area contributed by atoms with E-state index in [1.54, 1.807) is 0 Å². The van der Waals surface area contributed by atoms with Gasteiger partial charge in [-0.25, -0.2) is 0 Å². The number of rotatable bonds is 3. The zero-order valence-corrected chi connectivity index (χ0v) is 9.39. The van der Waals surface area contributed by atoms with Crippen LogP contribution in [0.3, 0.4) is 0 Å². The molecule has 0 N–H and O–H groups in total. The summed E-state index contributed by atoms with van der Waals surface area (Å²) in [6, 6.07) is 10.6. The van der Waals surface area contributed by atoms with Gasteiger partial charge in [-0.15, -0.1) is 0 Å². The minimum absolute atomic E-state index is 1.08. The topological polar surface area (TPSA) is 6.48 Å². The van der Waals surface area contributed by atoms with E-state index in [9.17, 15) is 0 Å². The highest BCUT2D eigenvalue weighted by Gasteiger charge is 2.12. The summed E-state index contributed by atoms with van der Waals surface area (Å²) in [6.45, 7) is 5.86. The van der Waals surface area contributed by atoms with Crippen molar-refractivity contribution in [2.75, 3.05) is 39.8 Å². The molecule has 0 spiro atoms. The summed E-state index contributed by atoms with van der Waals surface area (Å²) < 4.78 is 0. The van der Waals surface area contributed by atoms with Crippen molar-refractivity contribution < 1.29 is 0 Å². The van der Waals surface area contributed by atoms with Crippen LogP contribution in [0.4, 0.5) is 0 Å². The molecule has 0 atom stereocenters. The van der Waals surface area contributed by atoms with Gasteiger partial charge in [0, 0.05) is 39.1 Å². The monoisotopic (exact) mass is 203 g/mol. The highest BCUT2D eigenvalue weighted by Crippen LogP contribution is 2.05. The molecular formula is C13H19N2. The van der Waals surface area contributed by atoms with Crippen LogP contribution < -0.4 is 0 Å². The number of hydrogen-bond donors (Lipinski definition) is 0. The molecular weight excluding hydrogens is 184 g/mol. The Bertz CT molecular complexity index is 276. The lowest BCUT2D eigenvalue weighted by Gasteiger charge is -2.32. The first-order valence-electron chi connectivity index (χ1n) is 5.64. The van der Waals surface area contributed by atoms with Gasteiger partial charge in [-0.1, -0.05) is 30.3 Å². The molecule has 0 aliphatic carbocycles. The predicted molar refractivity (Wildman–Crippen MR) is 63.8 cm³/mol. The third-order valence-corrected chi connectivity index (χ3v) is 2.98. The average Bonchev–Trinajstić information content (AvgIpc) is 2.30. The molecule has 0 saturated carbocycles. The Balaban J connectivity index is 1.74. The van der Waals surface area contributed by atoms with Crippen molar-refractivity contribution in [1.82, 2.24) is 9.80 Å². The van der Waals surface area contributed by atoms with E-state index >= 15 is 0 Å². The lowest BCUT2D eigenvalue weighted by atomic mass is 10.1. The molecule has 2 nitrogen and oxygen atoms in total. The molecule has 1 aliphatic heterocycles. The van der Waals surface area contributed by atoms with E-state index in [4.69, 9.17) is 0 Å². The first-order chi connectivity index (χ1) is 7.34. The SMILES string of the molecule is CN1CCN(C[CH]c2ccccc2)CC1. The zero-order chi connectivity index (χ0) is 10.5. The Labute approximate surface area is 92.5 Å². The van der Waals surface area contributed by atoms with Crippen molar-refractivity contribution in [2.24, 2.45) is 0 Å². The third kappa shape index (κ3) is 3.33. The van der Waals surface area contributed by atoms with Crippen molar-refractivity contribution in [2.45, 2.75) is 0 Å². The second-order valence-electron chi connectivity index (χ2n) is 4.22. The second kappa shape index (κ2) is 5.29. The maximum Gasteiger partial charge on any atom is 0.0110 e. The summed E-state index contributed by atoms with van der Waals surface area (Å²) >= 11 is 0. The molecule has 0 amide bonds. The molecule has 2 rings (SSSR count). The van der Waals surface area contributed by atoms with Gasteiger partial charge in [0.15, 0.2) is 0 Å². The molecule has 15 heavy (non-hydrogen) atoms. The molecule has 1 aromatic carbocycles. The first kappa shape index (κ1) is 10.7. The molecule has 0 aromatic heterocycles. The van der Waals surface area contributed by atoms with Crippen LogP contribution in [0.25, 0.3) is 0 Å². The van der Waals surface area contributed by atoms with Crippen LogP contribution >= 0.6 is 0 Å². The molecule has 0 unspecified atom stereocenters. The first-order valence-corrected chi connectivity index (χ1v) is 5.64. The van der Waals surface area contributed by atoms with E-state index in [0.29, 0.717) is 0 Å². The molecule has 0 bridgehead atoms. The average molecular weight is 203 g/mol. The van der Waals surface area contributed by atoms with Crippen LogP contribution in [0.2, 0.25) is 0 Å². The Kier molecular flexibility index (Phi) is 3.75. The molecule has 1 fully saturated rings. The number of piperazine rings is 1. The molecule has 1 radical (unpaired) electrons. The summed E-state index contributed by atoms with van der Waals surface area (Å²) in [5, 5.41) is 0. The minimum Gasteiger partial charge on any atom is -0.304 e. The Morgan fingerprint density at radius 1 is 1.07 bits per heavy atom. The molecule has 1 saturated heterocycles. The summed E-state index contributed by atoms with van der Waals surface area (Å²) in [5.41, 5.74) is 1.33. The number of nitrogens with zero attached hydrogens (tertiary/aromatic N) is 2. The third-order valence-electron chi connectivity index (χ3n) is 2.98. The number of hydrogen-bond acceptors (Lipinski definition) is 2. The predicted octanol–water partition coefficient (Wildman–Crippen LogP) is 1.49. The van der Waals surface area contributed by atoms with Crippen molar-refractivity contribution in [3.05, 3.63) is 42.3 Å². The van der Waals surface area contributed by atoms with Crippen LogP contribution in [0.1, 0.15) is 5.56 Å². The molecule has 1 aliphatic rings. The largest absolute Gasteiger partial charge is 0.304 e. The van der Waals surface area contributed by atoms with E-state index < -0.39 is 0 Å². The van der Waals surface area contributed by atoms with Crippen molar-refractivity contribution >= 4 is 0 Å². The number of benzene rings is 1. The maximum absolute atomic E-state index is 2.51. The van der Waals surface area contributed by atoms with Gasteiger partial charge in [0.2, 0.25) is 0 Å². The normalized spacial score (nSPS) is 19.3. The van der Waals surface area contributed by atoms with Crippen molar-refractivity contribution in [3.8, 4) is 0 Å². The second-order valence-corrected chi connectivity index (χ2v) is 4.22. The number of likely N-dealkylation sites (N-methyl/N-ethyl adjacent to an activating group) is 1. The zero-order valence-electron chi connectivity index (χ0n) is 9.39. The van der Waals surface area contributed by atoms with Crippen LogP contribution in [-0.2, 0) is 0 Å². The van der Waals surface area contributed by atoms with Crippen LogP contribution in [0.5, 0.6) is 0 Å². The summed E-state index contributed by atoms with van der Waals surface area (Å²) in [5.74, 6) is 0. The lowest BCUT2D eigenvalue weighted by Crippen LogP contribution is -2.44. The van der Waals surface area contributed by atoms with E-state index in [1.165, 1.54) is 31.7 Å². The molecule has 2 heteroatoms. The van der Waals surface area contributed by atoms with Gasteiger partial charge in [0.1, 0.15) is 0 Å². The highest BCUT2D eigenvalue weighted by atomic mass is 15.2. The van der Waals surface area contributed by atoms with Gasteiger partial charge >= 0.3 is 0 Å². The fourth-order valence-corrected chi connectivity index (χ4v) is 1.85. The smallest absolute Gasteiger partial charge is 0.0110 e. The summed E-state index contributed by atoms with van der Waals surface area (Å²) in [6.07, 6.45) is 2.31. The maximum atomic E-state index is 2.51. The van der Waals surface area contributed by atoms with Crippen molar-refractivity contribution in [3.63, 3.8) is 0 Å².